The minimum Gasteiger partial charge on any atom is -0.508 e. The Morgan fingerprint density at radius 1 is 1.10 bits per heavy atom. The van der Waals surface area contributed by atoms with Crippen molar-refractivity contribution in [2.45, 2.75) is 18.4 Å². The molecule has 1 fully saturated rings. The molecular formula is C13H15NO6. The van der Waals surface area contributed by atoms with Crippen LogP contribution in [0.25, 0.3) is 0 Å². The number of aromatic hydroxyl groups is 2. The molecule has 4 N–H and O–H groups in total. The zero-order chi connectivity index (χ0) is 14.8. The van der Waals surface area contributed by atoms with Crippen LogP contribution in [0.2, 0.25) is 0 Å². The molecule has 1 saturated heterocycles. The van der Waals surface area contributed by atoms with Gasteiger partial charge in [-0.3, -0.25) is 4.79 Å². The zero-order valence-electron chi connectivity index (χ0n) is 10.6. The van der Waals surface area contributed by atoms with E-state index in [0.29, 0.717) is 0 Å². The molecule has 0 aromatic heterocycles. The Morgan fingerprint density at radius 2 is 1.65 bits per heavy atom. The topological polar surface area (TPSA) is 116 Å². The minimum atomic E-state index is -1.38. The molecule has 0 atom stereocenters. The number of phenols is 2. The maximum atomic E-state index is 12.1. The van der Waals surface area contributed by atoms with Gasteiger partial charge in [0.2, 0.25) is 0 Å². The quantitative estimate of drug-likeness (QED) is 0.639. The summed E-state index contributed by atoms with van der Waals surface area (Å²) in [4.78, 5) is 23.5. The van der Waals surface area contributed by atoms with E-state index in [1.54, 1.807) is 0 Å². The van der Waals surface area contributed by atoms with Crippen LogP contribution < -0.4 is 5.32 Å². The number of carboxylic acid groups (broad SMARTS) is 1. The molecule has 1 aromatic rings. The van der Waals surface area contributed by atoms with Crippen molar-refractivity contribution < 1.29 is 29.6 Å². The van der Waals surface area contributed by atoms with Crippen molar-refractivity contribution in [3.8, 4) is 11.5 Å². The van der Waals surface area contributed by atoms with Crippen LogP contribution in [0, 0.1) is 0 Å². The predicted molar refractivity (Wildman–Crippen MR) is 67.7 cm³/mol. The SMILES string of the molecule is O=C(NC1(C(=O)O)CCOCC1)c1cc(O)cc(O)c1. The van der Waals surface area contributed by atoms with E-state index >= 15 is 0 Å². The molecule has 0 radical (unpaired) electrons. The van der Waals surface area contributed by atoms with Gasteiger partial charge in [0.15, 0.2) is 0 Å². The largest absolute Gasteiger partial charge is 0.508 e. The number of nitrogens with one attached hydrogen (secondary N) is 1. The molecule has 1 heterocycles. The number of carboxylic acids is 1. The maximum absolute atomic E-state index is 12.1. The number of hydrogen-bond acceptors (Lipinski definition) is 5. The second-order valence-electron chi connectivity index (χ2n) is 4.69. The highest BCUT2D eigenvalue weighted by Crippen LogP contribution is 2.24. The van der Waals surface area contributed by atoms with Crippen LogP contribution in [0.5, 0.6) is 11.5 Å². The van der Waals surface area contributed by atoms with Gasteiger partial charge in [0.1, 0.15) is 17.0 Å². The van der Waals surface area contributed by atoms with Crippen molar-refractivity contribution in [1.82, 2.24) is 5.32 Å². The van der Waals surface area contributed by atoms with Crippen molar-refractivity contribution >= 4 is 11.9 Å². The fourth-order valence-electron chi connectivity index (χ4n) is 2.13. The molecule has 7 heteroatoms. The van der Waals surface area contributed by atoms with E-state index in [4.69, 9.17) is 4.74 Å². The number of carbonyl (C=O) groups excluding carboxylic acids is 1. The van der Waals surface area contributed by atoms with Gasteiger partial charge in [-0.15, -0.1) is 0 Å². The average Bonchev–Trinajstić information content (AvgIpc) is 2.38. The highest BCUT2D eigenvalue weighted by molar-refractivity contribution is 5.98. The highest BCUT2D eigenvalue weighted by Gasteiger charge is 2.41. The van der Waals surface area contributed by atoms with E-state index in [-0.39, 0.29) is 43.1 Å². The Bertz CT molecular complexity index is 515. The van der Waals surface area contributed by atoms with E-state index in [1.165, 1.54) is 0 Å². The Morgan fingerprint density at radius 3 is 2.15 bits per heavy atom. The van der Waals surface area contributed by atoms with Crippen LogP contribution >= 0.6 is 0 Å². The van der Waals surface area contributed by atoms with Crippen LogP contribution in [0.3, 0.4) is 0 Å². The number of carbonyl (C=O) groups is 2. The zero-order valence-corrected chi connectivity index (χ0v) is 10.6. The number of amides is 1. The number of hydrogen-bond donors (Lipinski definition) is 4. The van der Waals surface area contributed by atoms with Gasteiger partial charge in [-0.25, -0.2) is 4.79 Å². The summed E-state index contributed by atoms with van der Waals surface area (Å²) >= 11 is 0. The van der Waals surface area contributed by atoms with E-state index in [1.807, 2.05) is 0 Å². The average molecular weight is 281 g/mol. The standard InChI is InChI=1S/C13H15NO6/c15-9-5-8(6-10(16)7-9)11(17)14-13(12(18)19)1-3-20-4-2-13/h5-7,15-16H,1-4H2,(H,14,17)(H,18,19). The molecule has 0 unspecified atom stereocenters. The first-order valence-corrected chi connectivity index (χ1v) is 6.10. The van der Waals surface area contributed by atoms with Crippen LogP contribution in [0.15, 0.2) is 18.2 Å². The first kappa shape index (κ1) is 14.1. The molecule has 0 bridgehead atoms. The molecule has 20 heavy (non-hydrogen) atoms. The summed E-state index contributed by atoms with van der Waals surface area (Å²) in [5, 5.41) is 30.5. The van der Waals surface area contributed by atoms with Crippen LogP contribution in [0.1, 0.15) is 23.2 Å². The lowest BCUT2D eigenvalue weighted by atomic mass is 9.89. The summed E-state index contributed by atoms with van der Waals surface area (Å²) in [6.07, 6.45) is 0.331. The van der Waals surface area contributed by atoms with Gasteiger partial charge < -0.3 is 25.4 Å². The Labute approximate surface area is 114 Å². The molecule has 1 aromatic carbocycles. The number of aliphatic carboxylic acids is 1. The summed E-state index contributed by atoms with van der Waals surface area (Å²) in [6.45, 7) is 0.496. The summed E-state index contributed by atoms with van der Waals surface area (Å²) in [5.41, 5.74) is -1.38. The van der Waals surface area contributed by atoms with Crippen molar-refractivity contribution in [3.05, 3.63) is 23.8 Å². The molecule has 0 saturated carbocycles. The molecule has 2 rings (SSSR count). The van der Waals surface area contributed by atoms with E-state index in [0.717, 1.165) is 18.2 Å². The summed E-state index contributed by atoms with van der Waals surface area (Å²) in [5.74, 6) is -2.34. The number of ether oxygens (including phenoxy) is 1. The second kappa shape index (κ2) is 5.38. The van der Waals surface area contributed by atoms with Crippen LogP contribution in [-0.2, 0) is 9.53 Å². The monoisotopic (exact) mass is 281 g/mol. The predicted octanol–water partition coefficient (Wildman–Crippen LogP) is 0.461. The Hall–Kier alpha value is -2.28. The first-order chi connectivity index (χ1) is 9.43. The van der Waals surface area contributed by atoms with Gasteiger partial charge in [0, 0.05) is 37.7 Å². The third-order valence-electron chi connectivity index (χ3n) is 3.27. The smallest absolute Gasteiger partial charge is 0.329 e. The van der Waals surface area contributed by atoms with Gasteiger partial charge in [-0.2, -0.15) is 0 Å². The lowest BCUT2D eigenvalue weighted by molar-refractivity contribution is -0.148. The fourth-order valence-corrected chi connectivity index (χ4v) is 2.13. The van der Waals surface area contributed by atoms with Gasteiger partial charge in [0.25, 0.3) is 5.91 Å². The lowest BCUT2D eigenvalue weighted by Crippen LogP contribution is -2.57. The minimum absolute atomic E-state index is 0.00498. The van der Waals surface area contributed by atoms with Gasteiger partial charge >= 0.3 is 5.97 Å². The van der Waals surface area contributed by atoms with Crippen molar-refractivity contribution in [2.75, 3.05) is 13.2 Å². The fraction of sp³-hybridized carbons (Fsp3) is 0.385. The van der Waals surface area contributed by atoms with E-state index in [9.17, 15) is 24.9 Å². The number of phenolic OH excluding ortho intramolecular Hbond substituents is 2. The van der Waals surface area contributed by atoms with Gasteiger partial charge in [-0.1, -0.05) is 0 Å². The molecular weight excluding hydrogens is 266 g/mol. The summed E-state index contributed by atoms with van der Waals surface area (Å²) in [6, 6.07) is 3.39. The van der Waals surface area contributed by atoms with E-state index in [2.05, 4.69) is 5.32 Å². The Balaban J connectivity index is 2.22. The highest BCUT2D eigenvalue weighted by atomic mass is 16.5. The van der Waals surface area contributed by atoms with Crippen molar-refractivity contribution in [1.29, 1.82) is 0 Å². The molecule has 0 spiro atoms. The maximum Gasteiger partial charge on any atom is 0.329 e. The van der Waals surface area contributed by atoms with Crippen LogP contribution in [-0.4, -0.2) is 45.9 Å². The van der Waals surface area contributed by atoms with Crippen molar-refractivity contribution in [2.24, 2.45) is 0 Å². The summed E-state index contributed by atoms with van der Waals surface area (Å²) in [7, 11) is 0. The number of rotatable bonds is 3. The first-order valence-electron chi connectivity index (χ1n) is 6.10. The lowest BCUT2D eigenvalue weighted by Gasteiger charge is -2.33. The second-order valence-corrected chi connectivity index (χ2v) is 4.69. The normalized spacial score (nSPS) is 17.4. The third-order valence-corrected chi connectivity index (χ3v) is 3.27. The molecule has 1 aliphatic rings. The molecule has 7 nitrogen and oxygen atoms in total. The van der Waals surface area contributed by atoms with Crippen LogP contribution in [0.4, 0.5) is 0 Å². The molecule has 1 aliphatic heterocycles. The van der Waals surface area contributed by atoms with Gasteiger partial charge in [0.05, 0.1) is 0 Å². The molecule has 0 aliphatic carbocycles. The van der Waals surface area contributed by atoms with Crippen molar-refractivity contribution in [3.63, 3.8) is 0 Å². The van der Waals surface area contributed by atoms with E-state index < -0.39 is 17.4 Å². The summed E-state index contributed by atoms with van der Waals surface area (Å²) < 4.78 is 5.11. The Kier molecular flexibility index (Phi) is 3.80. The number of benzene rings is 1. The molecule has 108 valence electrons. The third kappa shape index (κ3) is 2.83. The molecule has 1 amide bonds. The van der Waals surface area contributed by atoms with Gasteiger partial charge in [-0.05, 0) is 12.1 Å².